The van der Waals surface area contributed by atoms with Crippen molar-refractivity contribution < 1.29 is 18.3 Å². The fourth-order valence-corrected chi connectivity index (χ4v) is 3.15. The number of hydrogen-bond donors (Lipinski definition) is 0. The molecule has 1 saturated heterocycles. The Kier molecular flexibility index (Phi) is 3.01. The van der Waals surface area contributed by atoms with Crippen LogP contribution in [0.5, 0.6) is 0 Å². The molecule has 2 aromatic carbocycles. The molecular formula is C19H16N2O4. The van der Waals surface area contributed by atoms with Gasteiger partial charge in [0.25, 0.3) is 0 Å². The highest BCUT2D eigenvalue weighted by Crippen LogP contribution is 2.47. The zero-order valence-electron chi connectivity index (χ0n) is 13.8. The summed E-state index contributed by atoms with van der Waals surface area (Å²) in [5, 5.41) is 0. The van der Waals surface area contributed by atoms with Crippen LogP contribution in [0.4, 0.5) is 0 Å². The maximum absolute atomic E-state index is 6.05. The van der Waals surface area contributed by atoms with Crippen LogP contribution < -0.4 is 0 Å². The third kappa shape index (κ3) is 2.42. The number of rotatable bonds is 2. The summed E-state index contributed by atoms with van der Waals surface area (Å²) in [5.74, 6) is 0.120. The summed E-state index contributed by atoms with van der Waals surface area (Å²) >= 11 is 0. The second-order valence-electron chi connectivity index (χ2n) is 6.52. The lowest BCUT2D eigenvalue weighted by molar-refractivity contribution is -0.150. The minimum absolute atomic E-state index is 0.457. The van der Waals surface area contributed by atoms with Crippen molar-refractivity contribution in [3.05, 3.63) is 60.3 Å². The second-order valence-corrected chi connectivity index (χ2v) is 6.52. The van der Waals surface area contributed by atoms with Gasteiger partial charge in [0.2, 0.25) is 11.8 Å². The second kappa shape index (κ2) is 5.15. The predicted molar refractivity (Wildman–Crippen MR) is 89.7 cm³/mol. The molecule has 0 spiro atoms. The summed E-state index contributed by atoms with van der Waals surface area (Å²) in [6.07, 6.45) is -1.06. The molecule has 0 amide bonds. The summed E-state index contributed by atoms with van der Waals surface area (Å²) in [6.45, 7) is 3.70. The van der Waals surface area contributed by atoms with Gasteiger partial charge in [-0.15, -0.1) is 0 Å². The van der Waals surface area contributed by atoms with Crippen molar-refractivity contribution in [2.75, 3.05) is 0 Å². The standard InChI is InChI=1S/C19H16N2O4/c1-19(2)24-15(17-20-11-7-3-5-9-13(11)22-17)16(25-19)18-21-12-8-4-6-10-14(12)23-18/h3-10,15-16H,1-2H3/t15-,16-/m1/s1. The topological polar surface area (TPSA) is 70.5 Å². The van der Waals surface area contributed by atoms with E-state index in [0.717, 1.165) is 11.0 Å². The first-order chi connectivity index (χ1) is 12.1. The van der Waals surface area contributed by atoms with Crippen LogP contribution in [0, 0.1) is 0 Å². The number of benzene rings is 2. The Balaban J connectivity index is 1.60. The highest BCUT2D eigenvalue weighted by Gasteiger charge is 2.48. The fraction of sp³-hybridized carbons (Fsp3) is 0.263. The van der Waals surface area contributed by atoms with Crippen LogP contribution in [-0.2, 0) is 9.47 Å². The van der Waals surface area contributed by atoms with Crippen molar-refractivity contribution in [1.82, 2.24) is 9.97 Å². The monoisotopic (exact) mass is 336 g/mol. The predicted octanol–water partition coefficient (Wildman–Crippen LogP) is 4.53. The lowest BCUT2D eigenvalue weighted by Gasteiger charge is -2.15. The van der Waals surface area contributed by atoms with Gasteiger partial charge in [0.1, 0.15) is 11.0 Å². The normalized spacial score (nSPS) is 22.8. The Morgan fingerprint density at radius 2 is 1.16 bits per heavy atom. The summed E-state index contributed by atoms with van der Waals surface area (Å²) in [4.78, 5) is 9.10. The maximum Gasteiger partial charge on any atom is 0.228 e. The molecule has 6 heteroatoms. The summed E-state index contributed by atoms with van der Waals surface area (Å²) in [7, 11) is 0. The van der Waals surface area contributed by atoms with Crippen LogP contribution >= 0.6 is 0 Å². The third-order valence-electron chi connectivity index (χ3n) is 4.20. The van der Waals surface area contributed by atoms with E-state index >= 15 is 0 Å². The average molecular weight is 336 g/mol. The molecule has 2 aromatic heterocycles. The Morgan fingerprint density at radius 1 is 0.720 bits per heavy atom. The highest BCUT2D eigenvalue weighted by molar-refractivity contribution is 5.73. The molecule has 6 nitrogen and oxygen atoms in total. The molecule has 0 saturated carbocycles. The molecule has 1 fully saturated rings. The van der Waals surface area contributed by atoms with E-state index < -0.39 is 18.0 Å². The first-order valence-electron chi connectivity index (χ1n) is 8.16. The zero-order valence-corrected chi connectivity index (χ0v) is 13.8. The molecule has 0 aliphatic carbocycles. The van der Waals surface area contributed by atoms with Crippen molar-refractivity contribution in [1.29, 1.82) is 0 Å². The van der Waals surface area contributed by atoms with Gasteiger partial charge >= 0.3 is 0 Å². The fourth-order valence-electron chi connectivity index (χ4n) is 3.15. The van der Waals surface area contributed by atoms with Crippen LogP contribution in [0.1, 0.15) is 37.8 Å². The molecule has 25 heavy (non-hydrogen) atoms. The molecule has 4 aromatic rings. The molecule has 1 aliphatic heterocycles. The highest BCUT2D eigenvalue weighted by atomic mass is 16.8. The minimum atomic E-state index is -0.795. The largest absolute Gasteiger partial charge is 0.438 e. The average Bonchev–Trinajstić information content (AvgIpc) is 3.27. The number of aromatic nitrogens is 2. The first kappa shape index (κ1) is 14.6. The number of oxazole rings is 2. The smallest absolute Gasteiger partial charge is 0.228 e. The van der Waals surface area contributed by atoms with Gasteiger partial charge < -0.3 is 18.3 Å². The van der Waals surface area contributed by atoms with Crippen LogP contribution in [-0.4, -0.2) is 15.8 Å². The molecule has 0 bridgehead atoms. The Hall–Kier alpha value is -2.70. The van der Waals surface area contributed by atoms with Crippen LogP contribution in [0.2, 0.25) is 0 Å². The van der Waals surface area contributed by atoms with E-state index in [1.165, 1.54) is 0 Å². The van der Waals surface area contributed by atoms with Gasteiger partial charge in [-0.2, -0.15) is 0 Å². The van der Waals surface area contributed by atoms with Gasteiger partial charge in [0.15, 0.2) is 29.2 Å². The Labute approximate surface area is 143 Å². The Morgan fingerprint density at radius 3 is 1.60 bits per heavy atom. The van der Waals surface area contributed by atoms with Gasteiger partial charge in [-0.25, -0.2) is 9.97 Å². The SMILES string of the molecule is CC1(C)O[C@@H](c2nc3ccccc3o2)[C@H](c2nc3ccccc3o2)O1. The van der Waals surface area contributed by atoms with Crippen molar-refractivity contribution >= 4 is 22.2 Å². The van der Waals surface area contributed by atoms with E-state index in [0.29, 0.717) is 22.9 Å². The minimum Gasteiger partial charge on any atom is -0.438 e. The van der Waals surface area contributed by atoms with Gasteiger partial charge in [-0.3, -0.25) is 0 Å². The lowest BCUT2D eigenvalue weighted by atomic mass is 10.2. The Bertz CT molecular complexity index is 915. The summed E-state index contributed by atoms with van der Waals surface area (Å²) < 4.78 is 23.9. The van der Waals surface area contributed by atoms with E-state index in [2.05, 4.69) is 9.97 Å². The lowest BCUT2D eigenvalue weighted by Crippen LogP contribution is -2.20. The number of nitrogens with zero attached hydrogens (tertiary/aromatic N) is 2. The molecule has 1 aliphatic rings. The van der Waals surface area contributed by atoms with Crippen LogP contribution in [0.15, 0.2) is 57.4 Å². The van der Waals surface area contributed by atoms with Gasteiger partial charge in [-0.1, -0.05) is 24.3 Å². The third-order valence-corrected chi connectivity index (χ3v) is 4.20. The molecule has 2 atom stereocenters. The molecule has 5 rings (SSSR count). The number of ether oxygens (including phenoxy) is 2. The van der Waals surface area contributed by atoms with Crippen LogP contribution in [0.25, 0.3) is 22.2 Å². The molecule has 3 heterocycles. The van der Waals surface area contributed by atoms with Crippen LogP contribution in [0.3, 0.4) is 0 Å². The van der Waals surface area contributed by atoms with E-state index in [1.807, 2.05) is 62.4 Å². The van der Waals surface area contributed by atoms with E-state index in [4.69, 9.17) is 18.3 Å². The van der Waals surface area contributed by atoms with Gasteiger partial charge in [0.05, 0.1) is 0 Å². The molecule has 0 radical (unpaired) electrons. The molecule has 0 unspecified atom stereocenters. The first-order valence-corrected chi connectivity index (χ1v) is 8.16. The molecule has 126 valence electrons. The van der Waals surface area contributed by atoms with E-state index in [1.54, 1.807) is 0 Å². The maximum atomic E-state index is 6.05. The van der Waals surface area contributed by atoms with Crippen molar-refractivity contribution in [3.8, 4) is 0 Å². The van der Waals surface area contributed by atoms with Gasteiger partial charge in [0, 0.05) is 0 Å². The number of fused-ring (bicyclic) bond motifs is 2. The summed E-state index contributed by atoms with van der Waals surface area (Å²) in [6, 6.07) is 15.2. The van der Waals surface area contributed by atoms with Gasteiger partial charge in [-0.05, 0) is 38.1 Å². The quantitative estimate of drug-likeness (QED) is 0.535. The van der Waals surface area contributed by atoms with E-state index in [-0.39, 0.29) is 0 Å². The number of hydrogen-bond acceptors (Lipinski definition) is 6. The van der Waals surface area contributed by atoms with Crippen molar-refractivity contribution in [2.45, 2.75) is 31.8 Å². The number of para-hydroxylation sites is 4. The van der Waals surface area contributed by atoms with Crippen molar-refractivity contribution in [2.24, 2.45) is 0 Å². The molecule has 0 N–H and O–H groups in total. The summed E-state index contributed by atoms with van der Waals surface area (Å²) in [5.41, 5.74) is 2.98. The zero-order chi connectivity index (χ0) is 17.0. The van der Waals surface area contributed by atoms with E-state index in [9.17, 15) is 0 Å². The molecular weight excluding hydrogens is 320 g/mol. The van der Waals surface area contributed by atoms with Crippen molar-refractivity contribution in [3.63, 3.8) is 0 Å².